The van der Waals surface area contributed by atoms with Crippen LogP contribution in [-0.2, 0) is 0 Å². The van der Waals surface area contributed by atoms with Gasteiger partial charge in [-0.1, -0.05) is 0 Å². The summed E-state index contributed by atoms with van der Waals surface area (Å²) in [6.45, 7) is 0.153. The van der Waals surface area contributed by atoms with Crippen LogP contribution in [-0.4, -0.2) is 25.9 Å². The second-order valence-electron chi connectivity index (χ2n) is 3.58. The zero-order chi connectivity index (χ0) is 12.0. The van der Waals surface area contributed by atoms with Crippen LogP contribution in [0, 0.1) is 0 Å². The number of aliphatic hydroxyl groups excluding tert-OH is 1. The summed E-state index contributed by atoms with van der Waals surface area (Å²) in [6.07, 6.45) is 1.40. The standard InChI is InChI=1S/C12H19NO3/c1-15-9-5-6-12(16-2)10(8-9)11(13)4-3-7-14/h5-6,8,11,14H,3-4,7,13H2,1-2H3. The van der Waals surface area contributed by atoms with Gasteiger partial charge in [0.25, 0.3) is 0 Å². The molecule has 0 aliphatic heterocycles. The monoisotopic (exact) mass is 225 g/mol. The molecule has 90 valence electrons. The van der Waals surface area contributed by atoms with E-state index in [-0.39, 0.29) is 12.6 Å². The van der Waals surface area contributed by atoms with Gasteiger partial charge < -0.3 is 20.3 Å². The first kappa shape index (κ1) is 12.8. The molecule has 0 aromatic heterocycles. The van der Waals surface area contributed by atoms with E-state index in [2.05, 4.69) is 0 Å². The maximum absolute atomic E-state index is 8.78. The number of benzene rings is 1. The van der Waals surface area contributed by atoms with E-state index in [1.54, 1.807) is 14.2 Å². The van der Waals surface area contributed by atoms with Crippen LogP contribution in [0.4, 0.5) is 0 Å². The fourth-order valence-electron chi connectivity index (χ4n) is 1.60. The van der Waals surface area contributed by atoms with Crippen molar-refractivity contribution in [1.82, 2.24) is 0 Å². The predicted octanol–water partition coefficient (Wildman–Crippen LogP) is 1.48. The molecule has 0 saturated carbocycles. The molecule has 0 aliphatic rings. The van der Waals surface area contributed by atoms with Gasteiger partial charge in [-0.15, -0.1) is 0 Å². The third-order valence-corrected chi connectivity index (χ3v) is 2.51. The van der Waals surface area contributed by atoms with Gasteiger partial charge in [-0.05, 0) is 31.0 Å². The molecule has 4 nitrogen and oxygen atoms in total. The second-order valence-corrected chi connectivity index (χ2v) is 3.58. The predicted molar refractivity (Wildman–Crippen MR) is 62.8 cm³/mol. The fourth-order valence-corrected chi connectivity index (χ4v) is 1.60. The van der Waals surface area contributed by atoms with Crippen LogP contribution in [0.15, 0.2) is 18.2 Å². The van der Waals surface area contributed by atoms with E-state index in [9.17, 15) is 0 Å². The Hall–Kier alpha value is -1.26. The first-order valence-corrected chi connectivity index (χ1v) is 5.31. The van der Waals surface area contributed by atoms with Crippen LogP contribution in [0.1, 0.15) is 24.4 Å². The van der Waals surface area contributed by atoms with Gasteiger partial charge in [0.2, 0.25) is 0 Å². The van der Waals surface area contributed by atoms with Crippen LogP contribution < -0.4 is 15.2 Å². The largest absolute Gasteiger partial charge is 0.497 e. The van der Waals surface area contributed by atoms with Gasteiger partial charge in [0.15, 0.2) is 0 Å². The molecule has 0 aliphatic carbocycles. The molecule has 3 N–H and O–H groups in total. The molecule has 0 bridgehead atoms. The molecule has 0 fully saturated rings. The van der Waals surface area contributed by atoms with Gasteiger partial charge in [-0.2, -0.15) is 0 Å². The third kappa shape index (κ3) is 3.12. The summed E-state index contributed by atoms with van der Waals surface area (Å²) in [5.41, 5.74) is 6.95. The molecule has 0 spiro atoms. The van der Waals surface area contributed by atoms with Gasteiger partial charge in [-0.25, -0.2) is 0 Å². The minimum absolute atomic E-state index is 0.141. The molecular formula is C12H19NO3. The molecule has 1 unspecified atom stereocenters. The number of ether oxygens (including phenoxy) is 2. The SMILES string of the molecule is COc1ccc(OC)c(C(N)CCCO)c1. The Kier molecular flexibility index (Phi) is 5.08. The van der Waals surface area contributed by atoms with Gasteiger partial charge in [0.1, 0.15) is 11.5 Å². The molecule has 1 aromatic rings. The normalized spacial score (nSPS) is 12.2. The maximum Gasteiger partial charge on any atom is 0.123 e. The van der Waals surface area contributed by atoms with Crippen molar-refractivity contribution < 1.29 is 14.6 Å². The average molecular weight is 225 g/mol. The summed E-state index contributed by atoms with van der Waals surface area (Å²) in [4.78, 5) is 0. The van der Waals surface area contributed by atoms with Crippen molar-refractivity contribution in [3.63, 3.8) is 0 Å². The lowest BCUT2D eigenvalue weighted by atomic mass is 10.0. The number of nitrogens with two attached hydrogens (primary N) is 1. The summed E-state index contributed by atoms with van der Waals surface area (Å²) in [5.74, 6) is 1.52. The van der Waals surface area contributed by atoms with E-state index in [0.29, 0.717) is 6.42 Å². The first-order chi connectivity index (χ1) is 7.72. The summed E-state index contributed by atoms with van der Waals surface area (Å²) >= 11 is 0. The fraction of sp³-hybridized carbons (Fsp3) is 0.500. The minimum atomic E-state index is -0.141. The zero-order valence-electron chi connectivity index (χ0n) is 9.77. The lowest BCUT2D eigenvalue weighted by molar-refractivity contribution is 0.279. The lowest BCUT2D eigenvalue weighted by Crippen LogP contribution is -2.12. The zero-order valence-corrected chi connectivity index (χ0v) is 9.77. The van der Waals surface area contributed by atoms with E-state index < -0.39 is 0 Å². The van der Waals surface area contributed by atoms with Gasteiger partial charge in [-0.3, -0.25) is 0 Å². The second kappa shape index (κ2) is 6.35. The minimum Gasteiger partial charge on any atom is -0.497 e. The van der Waals surface area contributed by atoms with E-state index in [4.69, 9.17) is 20.3 Å². The molecule has 16 heavy (non-hydrogen) atoms. The number of methoxy groups -OCH3 is 2. The van der Waals surface area contributed by atoms with Gasteiger partial charge >= 0.3 is 0 Å². The van der Waals surface area contributed by atoms with Crippen LogP contribution in [0.3, 0.4) is 0 Å². The first-order valence-electron chi connectivity index (χ1n) is 5.31. The van der Waals surface area contributed by atoms with Crippen molar-refractivity contribution in [2.24, 2.45) is 5.73 Å². The summed E-state index contributed by atoms with van der Waals surface area (Å²) in [7, 11) is 3.23. The van der Waals surface area contributed by atoms with Crippen LogP contribution >= 0.6 is 0 Å². The van der Waals surface area contributed by atoms with Gasteiger partial charge in [0.05, 0.1) is 14.2 Å². The van der Waals surface area contributed by atoms with Gasteiger partial charge in [0, 0.05) is 18.2 Å². The quantitative estimate of drug-likeness (QED) is 0.769. The number of rotatable bonds is 6. The highest BCUT2D eigenvalue weighted by Crippen LogP contribution is 2.30. The molecule has 4 heteroatoms. The van der Waals surface area contributed by atoms with Crippen molar-refractivity contribution in [2.75, 3.05) is 20.8 Å². The van der Waals surface area contributed by atoms with E-state index in [1.165, 1.54) is 0 Å². The Morgan fingerprint density at radius 2 is 2.06 bits per heavy atom. The number of hydrogen-bond donors (Lipinski definition) is 2. The van der Waals surface area contributed by atoms with Crippen molar-refractivity contribution in [1.29, 1.82) is 0 Å². The molecule has 0 radical (unpaired) electrons. The Bertz CT molecular complexity index is 328. The highest BCUT2D eigenvalue weighted by molar-refractivity contribution is 5.42. The summed E-state index contributed by atoms with van der Waals surface area (Å²) < 4.78 is 10.4. The molecule has 1 rings (SSSR count). The number of aliphatic hydroxyl groups is 1. The summed E-state index contributed by atoms with van der Waals surface area (Å²) in [6, 6.07) is 5.41. The molecule has 1 atom stereocenters. The average Bonchev–Trinajstić information content (AvgIpc) is 2.35. The summed E-state index contributed by atoms with van der Waals surface area (Å²) in [5, 5.41) is 8.78. The Labute approximate surface area is 96.0 Å². The lowest BCUT2D eigenvalue weighted by Gasteiger charge is -2.16. The molecule has 0 saturated heterocycles. The third-order valence-electron chi connectivity index (χ3n) is 2.51. The Balaban J connectivity index is 2.89. The van der Waals surface area contributed by atoms with Crippen LogP contribution in [0.25, 0.3) is 0 Å². The van der Waals surface area contributed by atoms with Crippen LogP contribution in [0.5, 0.6) is 11.5 Å². The van der Waals surface area contributed by atoms with Crippen LogP contribution in [0.2, 0.25) is 0 Å². The molecule has 1 aromatic carbocycles. The Morgan fingerprint density at radius 3 is 2.62 bits per heavy atom. The van der Waals surface area contributed by atoms with Crippen molar-refractivity contribution in [3.8, 4) is 11.5 Å². The van der Waals surface area contributed by atoms with E-state index in [1.807, 2.05) is 18.2 Å². The van der Waals surface area contributed by atoms with Crippen molar-refractivity contribution in [2.45, 2.75) is 18.9 Å². The maximum atomic E-state index is 8.78. The molecule has 0 amide bonds. The molecule has 0 heterocycles. The smallest absolute Gasteiger partial charge is 0.123 e. The highest BCUT2D eigenvalue weighted by Gasteiger charge is 2.12. The number of hydrogen-bond acceptors (Lipinski definition) is 4. The van der Waals surface area contributed by atoms with E-state index >= 15 is 0 Å². The van der Waals surface area contributed by atoms with Crippen molar-refractivity contribution in [3.05, 3.63) is 23.8 Å². The highest BCUT2D eigenvalue weighted by atomic mass is 16.5. The van der Waals surface area contributed by atoms with E-state index in [0.717, 1.165) is 23.5 Å². The molecular weight excluding hydrogens is 206 g/mol. The Morgan fingerprint density at radius 1 is 1.31 bits per heavy atom. The van der Waals surface area contributed by atoms with Crippen molar-refractivity contribution >= 4 is 0 Å². The topological polar surface area (TPSA) is 64.7 Å².